The van der Waals surface area contributed by atoms with Gasteiger partial charge in [0.25, 0.3) is 0 Å². The quantitative estimate of drug-likeness (QED) is 0.283. The van der Waals surface area contributed by atoms with Crippen LogP contribution in [-0.4, -0.2) is 80.0 Å². The Morgan fingerprint density at radius 3 is 2.53 bits per heavy atom. The van der Waals surface area contributed by atoms with Crippen molar-refractivity contribution < 1.29 is 17.9 Å². The lowest BCUT2D eigenvalue weighted by atomic mass is 9.51. The van der Waals surface area contributed by atoms with Crippen LogP contribution in [0.2, 0.25) is 0 Å². The number of halogens is 4. The molecule has 30 heavy (non-hydrogen) atoms. The van der Waals surface area contributed by atoms with Gasteiger partial charge in [-0.15, -0.1) is 24.0 Å². The molecule has 3 fully saturated rings. The molecule has 0 amide bonds. The van der Waals surface area contributed by atoms with Gasteiger partial charge < -0.3 is 15.0 Å². The molecule has 1 N–H and O–H groups in total. The van der Waals surface area contributed by atoms with Crippen molar-refractivity contribution in [2.24, 2.45) is 16.3 Å². The summed E-state index contributed by atoms with van der Waals surface area (Å²) in [6.07, 6.45) is 1.83. The Bertz CT molecular complexity index is 571. The minimum Gasteiger partial charge on any atom is -0.378 e. The average molecular weight is 546 g/mol. The summed E-state index contributed by atoms with van der Waals surface area (Å²) < 4.78 is 44.3. The Balaban J connectivity index is 0.00000320. The van der Waals surface area contributed by atoms with Crippen LogP contribution in [-0.2, 0) is 4.74 Å². The van der Waals surface area contributed by atoms with Gasteiger partial charge in [0.05, 0.1) is 12.6 Å². The monoisotopic (exact) mass is 546 g/mol. The van der Waals surface area contributed by atoms with Gasteiger partial charge in [-0.3, -0.25) is 9.89 Å². The number of hydrogen-bond acceptors (Lipinski definition) is 3. The van der Waals surface area contributed by atoms with E-state index in [0.29, 0.717) is 31.8 Å². The second-order valence-electron chi connectivity index (χ2n) is 8.80. The summed E-state index contributed by atoms with van der Waals surface area (Å²) in [5.41, 5.74) is 0.259. The molecule has 0 aromatic heterocycles. The first-order chi connectivity index (χ1) is 13.8. The summed E-state index contributed by atoms with van der Waals surface area (Å²) in [4.78, 5) is 8.47. The Hall–Kier alpha value is -0.290. The Morgan fingerprint density at radius 1 is 1.27 bits per heavy atom. The zero-order chi connectivity index (χ0) is 21.1. The summed E-state index contributed by atoms with van der Waals surface area (Å²) in [5, 5.41) is 3.71. The molecule has 3 unspecified atom stereocenters. The molecule has 0 aromatic carbocycles. The molecule has 1 spiro atoms. The summed E-state index contributed by atoms with van der Waals surface area (Å²) >= 11 is 0. The lowest BCUT2D eigenvalue weighted by Gasteiger charge is -2.61. The maximum absolute atomic E-state index is 12.8. The maximum atomic E-state index is 12.8. The van der Waals surface area contributed by atoms with Gasteiger partial charge >= 0.3 is 6.18 Å². The molecule has 3 atom stereocenters. The zero-order valence-corrected chi connectivity index (χ0v) is 20.8. The molecule has 2 saturated carbocycles. The first-order valence-electron chi connectivity index (χ1n) is 11.3. The number of hydrogen-bond donors (Lipinski definition) is 1. The molecular weight excluding hydrogens is 508 g/mol. The number of aliphatic imine (C=N–C) groups is 1. The zero-order valence-electron chi connectivity index (χ0n) is 18.5. The molecule has 1 heterocycles. The number of nitrogens with zero attached hydrogens (tertiary/aromatic N) is 3. The average Bonchev–Trinajstić information content (AvgIpc) is 3.05. The van der Waals surface area contributed by atoms with E-state index in [1.807, 2.05) is 6.92 Å². The molecule has 0 aromatic rings. The molecular formula is C21H38F3IN4O. The second-order valence-corrected chi connectivity index (χ2v) is 8.80. The fourth-order valence-electron chi connectivity index (χ4n) is 5.28. The van der Waals surface area contributed by atoms with Crippen molar-refractivity contribution in [3.05, 3.63) is 0 Å². The van der Waals surface area contributed by atoms with Gasteiger partial charge in [0.1, 0.15) is 0 Å². The van der Waals surface area contributed by atoms with Gasteiger partial charge in [0, 0.05) is 44.2 Å². The number of likely N-dealkylation sites (tertiary alicyclic amines) is 1. The van der Waals surface area contributed by atoms with E-state index in [0.717, 1.165) is 38.5 Å². The molecule has 3 aliphatic rings. The topological polar surface area (TPSA) is 40.1 Å². The smallest absolute Gasteiger partial charge is 0.378 e. The largest absolute Gasteiger partial charge is 0.401 e. The van der Waals surface area contributed by atoms with E-state index in [2.05, 4.69) is 17.1 Å². The van der Waals surface area contributed by atoms with Crippen LogP contribution in [0.3, 0.4) is 0 Å². The lowest BCUT2D eigenvalue weighted by molar-refractivity contribution is -0.168. The van der Waals surface area contributed by atoms with E-state index < -0.39 is 12.7 Å². The molecule has 176 valence electrons. The molecule has 2 aliphatic carbocycles. The van der Waals surface area contributed by atoms with Crippen LogP contribution in [0.5, 0.6) is 0 Å². The fraction of sp³-hybridized carbons (Fsp3) is 0.952. The number of ether oxygens (including phenoxy) is 1. The number of guanidine groups is 1. The molecule has 1 aliphatic heterocycles. The van der Waals surface area contributed by atoms with Crippen molar-refractivity contribution in [3.63, 3.8) is 0 Å². The van der Waals surface area contributed by atoms with Crippen LogP contribution < -0.4 is 5.32 Å². The highest BCUT2D eigenvalue weighted by molar-refractivity contribution is 14.0. The van der Waals surface area contributed by atoms with Crippen LogP contribution in [0.25, 0.3) is 0 Å². The van der Waals surface area contributed by atoms with Crippen molar-refractivity contribution in [1.29, 1.82) is 0 Å². The summed E-state index contributed by atoms with van der Waals surface area (Å²) in [5.74, 6) is 1.18. The van der Waals surface area contributed by atoms with Gasteiger partial charge in [-0.05, 0) is 52.0 Å². The first kappa shape index (κ1) is 26.0. The summed E-state index contributed by atoms with van der Waals surface area (Å²) in [6.45, 7) is 9.07. The van der Waals surface area contributed by atoms with E-state index in [1.165, 1.54) is 24.2 Å². The first-order valence-corrected chi connectivity index (χ1v) is 11.3. The van der Waals surface area contributed by atoms with Gasteiger partial charge in [-0.2, -0.15) is 13.2 Å². The van der Waals surface area contributed by atoms with Crippen molar-refractivity contribution >= 4 is 29.9 Å². The van der Waals surface area contributed by atoms with E-state index in [1.54, 1.807) is 6.92 Å². The van der Waals surface area contributed by atoms with Crippen LogP contribution >= 0.6 is 24.0 Å². The van der Waals surface area contributed by atoms with E-state index in [9.17, 15) is 13.2 Å². The van der Waals surface area contributed by atoms with Crippen LogP contribution in [0.1, 0.15) is 52.9 Å². The molecule has 0 bridgehead atoms. The lowest BCUT2D eigenvalue weighted by Crippen LogP contribution is -2.68. The third-order valence-electron chi connectivity index (χ3n) is 7.00. The predicted molar refractivity (Wildman–Crippen MR) is 124 cm³/mol. The Kier molecular flexibility index (Phi) is 9.55. The SMILES string of the molecule is CCN=C(NC1CC(OCC)C12CCC2)N1CCC(CN(CC)CC(F)(F)F)C1.I. The molecule has 3 rings (SSSR count). The summed E-state index contributed by atoms with van der Waals surface area (Å²) in [7, 11) is 0. The highest BCUT2D eigenvalue weighted by Crippen LogP contribution is 2.57. The minimum atomic E-state index is -4.14. The number of alkyl halides is 3. The normalized spacial score (nSPS) is 28.3. The highest BCUT2D eigenvalue weighted by Gasteiger charge is 2.59. The third-order valence-corrected chi connectivity index (χ3v) is 7.00. The van der Waals surface area contributed by atoms with Crippen molar-refractivity contribution in [2.75, 3.05) is 45.9 Å². The van der Waals surface area contributed by atoms with Crippen molar-refractivity contribution in [2.45, 2.75) is 71.2 Å². The second kappa shape index (κ2) is 11.0. The minimum absolute atomic E-state index is 0. The maximum Gasteiger partial charge on any atom is 0.401 e. The van der Waals surface area contributed by atoms with E-state index in [4.69, 9.17) is 9.73 Å². The summed E-state index contributed by atoms with van der Waals surface area (Å²) in [6, 6.07) is 0.398. The predicted octanol–water partition coefficient (Wildman–Crippen LogP) is 4.12. The fourth-order valence-corrected chi connectivity index (χ4v) is 5.28. The molecule has 9 heteroatoms. The Labute approximate surface area is 196 Å². The van der Waals surface area contributed by atoms with Gasteiger partial charge in [0.15, 0.2) is 5.96 Å². The van der Waals surface area contributed by atoms with Gasteiger partial charge in [-0.1, -0.05) is 13.3 Å². The number of rotatable bonds is 8. The number of nitrogens with one attached hydrogen (secondary N) is 1. The molecule has 5 nitrogen and oxygen atoms in total. The Morgan fingerprint density at radius 2 is 2.00 bits per heavy atom. The third kappa shape index (κ3) is 5.94. The molecule has 1 saturated heterocycles. The van der Waals surface area contributed by atoms with E-state index in [-0.39, 0.29) is 35.3 Å². The standard InChI is InChI=1S/C21H37F3N4O.HI/c1-4-25-19(26-17-12-18(29-6-3)20(17)9-7-10-20)28-11-8-16(14-28)13-27(5-2)15-21(22,23)24;/h16-18H,4-15H2,1-3H3,(H,25,26);1H. The van der Waals surface area contributed by atoms with Gasteiger partial charge in [0.2, 0.25) is 0 Å². The van der Waals surface area contributed by atoms with Crippen LogP contribution in [0.15, 0.2) is 4.99 Å². The molecule has 0 radical (unpaired) electrons. The highest BCUT2D eigenvalue weighted by atomic mass is 127. The van der Waals surface area contributed by atoms with Crippen molar-refractivity contribution in [1.82, 2.24) is 15.1 Å². The van der Waals surface area contributed by atoms with Crippen LogP contribution in [0, 0.1) is 11.3 Å². The van der Waals surface area contributed by atoms with Crippen molar-refractivity contribution in [3.8, 4) is 0 Å². The van der Waals surface area contributed by atoms with E-state index >= 15 is 0 Å². The van der Waals surface area contributed by atoms with Gasteiger partial charge in [-0.25, -0.2) is 0 Å². The van der Waals surface area contributed by atoms with Crippen LogP contribution in [0.4, 0.5) is 13.2 Å².